The zero-order valence-electron chi connectivity index (χ0n) is 15.3. The van der Waals surface area contributed by atoms with Crippen molar-refractivity contribution in [2.75, 3.05) is 0 Å². The molecule has 22 heavy (non-hydrogen) atoms. The molecular weight excluding hydrogens is 268 g/mol. The van der Waals surface area contributed by atoms with Crippen LogP contribution in [0.25, 0.3) is 0 Å². The minimum atomic E-state index is 0.357. The highest BCUT2D eigenvalue weighted by Gasteiger charge is 2.15. The first kappa shape index (κ1) is 20.8. The zero-order chi connectivity index (χ0) is 16.8. The van der Waals surface area contributed by atoms with E-state index in [2.05, 4.69) is 45.8 Å². The molecule has 2 heteroatoms. The molecule has 0 aliphatic carbocycles. The Morgan fingerprint density at radius 3 is 2.23 bits per heavy atom. The lowest BCUT2D eigenvalue weighted by Crippen LogP contribution is -2.17. The van der Waals surface area contributed by atoms with E-state index in [0.717, 1.165) is 18.0 Å². The van der Waals surface area contributed by atoms with Gasteiger partial charge in [0, 0.05) is 23.7 Å². The first-order valence-electron chi connectivity index (χ1n) is 9.03. The summed E-state index contributed by atoms with van der Waals surface area (Å²) in [6, 6.07) is 0. The fourth-order valence-corrected chi connectivity index (χ4v) is 2.58. The highest BCUT2D eigenvalue weighted by molar-refractivity contribution is 6.05. The van der Waals surface area contributed by atoms with E-state index in [4.69, 9.17) is 4.99 Å². The molecule has 0 bridgehead atoms. The molecule has 126 valence electrons. The number of hydrogen-bond acceptors (Lipinski definition) is 1. The smallest absolute Gasteiger partial charge is 0.131 e. The molecule has 0 radical (unpaired) electrons. The van der Waals surface area contributed by atoms with Crippen molar-refractivity contribution in [3.63, 3.8) is 0 Å². The van der Waals surface area contributed by atoms with Gasteiger partial charge in [-0.15, -0.1) is 0 Å². The summed E-state index contributed by atoms with van der Waals surface area (Å²) in [4.78, 5) is 9.23. The SMILES string of the molecule is C=CN=C(N=C(C=C)C(CCC)CCCCCC)C(C)CC. The van der Waals surface area contributed by atoms with Gasteiger partial charge in [-0.3, -0.25) is 0 Å². The van der Waals surface area contributed by atoms with E-state index in [1.807, 2.05) is 6.08 Å². The molecule has 0 amide bonds. The van der Waals surface area contributed by atoms with E-state index in [1.165, 1.54) is 44.9 Å². The second kappa shape index (κ2) is 13.5. The molecule has 0 fully saturated rings. The molecule has 2 nitrogen and oxygen atoms in total. The molecule has 0 saturated carbocycles. The van der Waals surface area contributed by atoms with Crippen LogP contribution < -0.4 is 0 Å². The maximum absolute atomic E-state index is 4.85. The molecule has 0 aromatic rings. The van der Waals surface area contributed by atoms with Gasteiger partial charge in [-0.25, -0.2) is 9.98 Å². The number of aliphatic imine (C=N–C) groups is 2. The van der Waals surface area contributed by atoms with Gasteiger partial charge in [0.1, 0.15) is 5.84 Å². The van der Waals surface area contributed by atoms with Gasteiger partial charge < -0.3 is 0 Å². The highest BCUT2D eigenvalue weighted by atomic mass is 14.9. The topological polar surface area (TPSA) is 24.7 Å². The van der Waals surface area contributed by atoms with Crippen molar-refractivity contribution in [1.82, 2.24) is 0 Å². The Kier molecular flexibility index (Phi) is 12.8. The van der Waals surface area contributed by atoms with Gasteiger partial charge in [0.2, 0.25) is 0 Å². The monoisotopic (exact) mass is 304 g/mol. The Morgan fingerprint density at radius 2 is 1.73 bits per heavy atom. The number of amidine groups is 1. The second-order valence-corrected chi connectivity index (χ2v) is 6.05. The van der Waals surface area contributed by atoms with Gasteiger partial charge >= 0.3 is 0 Å². The average Bonchev–Trinajstić information content (AvgIpc) is 2.53. The quantitative estimate of drug-likeness (QED) is 0.221. The number of allylic oxidation sites excluding steroid dienone is 1. The predicted molar refractivity (Wildman–Crippen MR) is 102 cm³/mol. The summed E-state index contributed by atoms with van der Waals surface area (Å²) in [7, 11) is 0. The molecule has 0 N–H and O–H groups in total. The first-order chi connectivity index (χ1) is 10.6. The number of unbranched alkanes of at least 4 members (excludes halogenated alkanes) is 3. The number of hydrogen-bond donors (Lipinski definition) is 0. The zero-order valence-corrected chi connectivity index (χ0v) is 15.3. The summed E-state index contributed by atoms with van der Waals surface area (Å²) in [6.07, 6.45) is 13.4. The summed E-state index contributed by atoms with van der Waals surface area (Å²) in [5, 5.41) is 0. The Morgan fingerprint density at radius 1 is 1.00 bits per heavy atom. The molecule has 0 aliphatic heterocycles. The lowest BCUT2D eigenvalue weighted by molar-refractivity contribution is 0.520. The fourth-order valence-electron chi connectivity index (χ4n) is 2.58. The third-order valence-electron chi connectivity index (χ3n) is 4.19. The Hall–Kier alpha value is -1.18. The Balaban J connectivity index is 5.08. The minimum absolute atomic E-state index is 0.357. The normalized spacial score (nSPS) is 15.5. The van der Waals surface area contributed by atoms with Gasteiger partial charge in [-0.05, 0) is 25.3 Å². The van der Waals surface area contributed by atoms with E-state index in [0.29, 0.717) is 11.8 Å². The molecule has 0 rings (SSSR count). The van der Waals surface area contributed by atoms with Crippen molar-refractivity contribution < 1.29 is 0 Å². The van der Waals surface area contributed by atoms with Crippen molar-refractivity contribution >= 4 is 11.5 Å². The van der Waals surface area contributed by atoms with Gasteiger partial charge in [0.25, 0.3) is 0 Å². The van der Waals surface area contributed by atoms with Crippen LogP contribution in [-0.4, -0.2) is 11.5 Å². The largest absolute Gasteiger partial charge is 0.242 e. The van der Waals surface area contributed by atoms with E-state index < -0.39 is 0 Å². The van der Waals surface area contributed by atoms with Gasteiger partial charge in [0.05, 0.1) is 0 Å². The Bertz CT molecular complexity index is 366. The van der Waals surface area contributed by atoms with E-state index in [1.54, 1.807) is 6.20 Å². The average molecular weight is 305 g/mol. The van der Waals surface area contributed by atoms with Crippen LogP contribution in [0.4, 0.5) is 0 Å². The van der Waals surface area contributed by atoms with Crippen LogP contribution in [0.3, 0.4) is 0 Å². The van der Waals surface area contributed by atoms with Gasteiger partial charge in [0.15, 0.2) is 0 Å². The molecule has 0 aromatic carbocycles. The molecule has 0 saturated heterocycles. The van der Waals surface area contributed by atoms with E-state index in [9.17, 15) is 0 Å². The molecule has 0 aromatic heterocycles. The van der Waals surface area contributed by atoms with Crippen molar-refractivity contribution in [2.45, 2.75) is 79.1 Å². The van der Waals surface area contributed by atoms with Crippen LogP contribution in [0.15, 0.2) is 35.4 Å². The van der Waals surface area contributed by atoms with Crippen molar-refractivity contribution in [2.24, 2.45) is 21.8 Å². The minimum Gasteiger partial charge on any atom is -0.242 e. The highest BCUT2D eigenvalue weighted by Crippen LogP contribution is 2.20. The van der Waals surface area contributed by atoms with Crippen LogP contribution in [0.1, 0.15) is 79.1 Å². The summed E-state index contributed by atoms with van der Waals surface area (Å²) in [6.45, 7) is 16.5. The van der Waals surface area contributed by atoms with Crippen LogP contribution in [0.2, 0.25) is 0 Å². The van der Waals surface area contributed by atoms with E-state index in [-0.39, 0.29) is 0 Å². The van der Waals surface area contributed by atoms with Crippen LogP contribution in [-0.2, 0) is 0 Å². The third-order valence-corrected chi connectivity index (χ3v) is 4.19. The van der Waals surface area contributed by atoms with Crippen LogP contribution >= 0.6 is 0 Å². The summed E-state index contributed by atoms with van der Waals surface area (Å²) in [5.41, 5.74) is 1.11. The van der Waals surface area contributed by atoms with E-state index >= 15 is 0 Å². The van der Waals surface area contributed by atoms with Gasteiger partial charge in [-0.1, -0.05) is 73.0 Å². The first-order valence-corrected chi connectivity index (χ1v) is 9.03. The maximum Gasteiger partial charge on any atom is 0.131 e. The summed E-state index contributed by atoms with van der Waals surface area (Å²) in [5.74, 6) is 1.76. The second-order valence-electron chi connectivity index (χ2n) is 6.05. The standard InChI is InChI=1S/C20H36N2/c1-7-12-13-14-16-18(15-8-2)19(10-4)22-20(21-11-5)17(6)9-3/h10-11,17-18H,4-5,7-9,12-16H2,1-3,6H3. The molecular formula is C20H36N2. The number of rotatable bonds is 12. The van der Waals surface area contributed by atoms with Gasteiger partial charge in [-0.2, -0.15) is 0 Å². The summed E-state index contributed by atoms with van der Waals surface area (Å²) < 4.78 is 0. The molecule has 0 aliphatic rings. The van der Waals surface area contributed by atoms with Crippen LogP contribution in [0.5, 0.6) is 0 Å². The lowest BCUT2D eigenvalue weighted by atomic mass is 9.91. The number of nitrogens with zero attached hydrogens (tertiary/aromatic N) is 2. The lowest BCUT2D eigenvalue weighted by Gasteiger charge is -2.18. The van der Waals surface area contributed by atoms with Crippen molar-refractivity contribution in [3.8, 4) is 0 Å². The maximum atomic E-state index is 4.85. The molecule has 0 heterocycles. The summed E-state index contributed by atoms with van der Waals surface area (Å²) >= 11 is 0. The molecule has 2 unspecified atom stereocenters. The fraction of sp³-hybridized carbons (Fsp3) is 0.700. The predicted octanol–water partition coefficient (Wildman–Crippen LogP) is 6.59. The van der Waals surface area contributed by atoms with Crippen molar-refractivity contribution in [3.05, 3.63) is 25.4 Å². The third kappa shape index (κ3) is 8.31. The Labute approximate surface area is 138 Å². The molecule has 2 atom stereocenters. The van der Waals surface area contributed by atoms with Crippen LogP contribution in [0, 0.1) is 11.8 Å². The van der Waals surface area contributed by atoms with Crippen molar-refractivity contribution in [1.29, 1.82) is 0 Å². The molecule has 0 spiro atoms.